The summed E-state index contributed by atoms with van der Waals surface area (Å²) in [6, 6.07) is 5.87. The minimum atomic E-state index is -0.259. The molecule has 11 heteroatoms. The van der Waals surface area contributed by atoms with Gasteiger partial charge in [0.15, 0.2) is 5.13 Å². The van der Waals surface area contributed by atoms with Gasteiger partial charge >= 0.3 is 0 Å². The fourth-order valence-electron chi connectivity index (χ4n) is 3.59. The molecule has 0 aromatic carbocycles. The van der Waals surface area contributed by atoms with Crippen LogP contribution in [0.25, 0.3) is 0 Å². The van der Waals surface area contributed by atoms with Gasteiger partial charge in [-0.1, -0.05) is 0 Å². The highest BCUT2D eigenvalue weighted by atomic mass is 32.1. The van der Waals surface area contributed by atoms with E-state index in [2.05, 4.69) is 41.8 Å². The third-order valence-corrected chi connectivity index (χ3v) is 5.86. The number of aromatic nitrogens is 5. The highest BCUT2D eigenvalue weighted by Crippen LogP contribution is 2.27. The number of carbonyl (C=O) groups excluding carboxylic acids is 1. The molecule has 10 nitrogen and oxygen atoms in total. The second-order valence-electron chi connectivity index (χ2n) is 7.58. The van der Waals surface area contributed by atoms with Crippen molar-refractivity contribution in [1.82, 2.24) is 35.4 Å². The van der Waals surface area contributed by atoms with Crippen LogP contribution in [0, 0.1) is 18.3 Å². The van der Waals surface area contributed by atoms with E-state index in [0.29, 0.717) is 29.7 Å². The van der Waals surface area contributed by atoms with Crippen LogP contribution < -0.4 is 10.6 Å². The number of aryl methyl sites for hydroxylation is 1. The molecule has 0 bridgehead atoms. The molecule has 2 N–H and O–H groups in total. The first-order valence-corrected chi connectivity index (χ1v) is 11.2. The van der Waals surface area contributed by atoms with Crippen molar-refractivity contribution in [3.8, 4) is 6.07 Å². The Labute approximate surface area is 189 Å². The molecular formula is C21H23N9OS. The Kier molecular flexibility index (Phi) is 6.94. The Morgan fingerprint density at radius 1 is 1.34 bits per heavy atom. The lowest BCUT2D eigenvalue weighted by Gasteiger charge is -2.30. The van der Waals surface area contributed by atoms with Crippen molar-refractivity contribution in [3.05, 3.63) is 52.7 Å². The van der Waals surface area contributed by atoms with E-state index in [1.807, 2.05) is 13.0 Å². The summed E-state index contributed by atoms with van der Waals surface area (Å²) in [6.45, 7) is 4.43. The molecule has 3 aromatic rings. The first kappa shape index (κ1) is 21.7. The minimum absolute atomic E-state index is 0.192. The van der Waals surface area contributed by atoms with Crippen molar-refractivity contribution in [2.24, 2.45) is 0 Å². The van der Waals surface area contributed by atoms with E-state index in [4.69, 9.17) is 10.2 Å². The standard InChI is InChI=1S/C21H23N9OS/c1-14-9-18(28-19(26-14)16-3-2-7-30(12-16)8-5-22)29-21-27-17(13-32-21)20(31)23-10-15-4-6-24-25-11-15/h4,6,9,11,13,16H,2-3,7-8,10,12H2,1H3,(H,23,31)(H,26,27,28,29). The number of carbonyl (C=O) groups is 1. The zero-order chi connectivity index (χ0) is 22.3. The van der Waals surface area contributed by atoms with E-state index in [-0.39, 0.29) is 11.8 Å². The van der Waals surface area contributed by atoms with Gasteiger partial charge in [-0.15, -0.1) is 11.3 Å². The summed E-state index contributed by atoms with van der Waals surface area (Å²) in [6.07, 6.45) is 5.21. The van der Waals surface area contributed by atoms with E-state index in [1.165, 1.54) is 11.3 Å². The first-order chi connectivity index (χ1) is 15.6. The highest BCUT2D eigenvalue weighted by Gasteiger charge is 2.24. The molecule has 1 aliphatic rings. The molecule has 164 valence electrons. The molecule has 32 heavy (non-hydrogen) atoms. The van der Waals surface area contributed by atoms with Gasteiger partial charge in [0.25, 0.3) is 5.91 Å². The number of rotatable bonds is 7. The smallest absolute Gasteiger partial charge is 0.271 e. The fourth-order valence-corrected chi connectivity index (χ4v) is 4.29. The molecule has 1 amide bonds. The van der Waals surface area contributed by atoms with E-state index in [9.17, 15) is 4.79 Å². The van der Waals surface area contributed by atoms with Crippen LogP contribution in [-0.4, -0.2) is 55.6 Å². The van der Waals surface area contributed by atoms with Gasteiger partial charge in [0.2, 0.25) is 0 Å². The molecular weight excluding hydrogens is 426 g/mol. The molecule has 1 unspecified atom stereocenters. The molecule has 1 fully saturated rings. The minimum Gasteiger partial charge on any atom is -0.347 e. The first-order valence-electron chi connectivity index (χ1n) is 10.3. The number of nitrogens with zero attached hydrogens (tertiary/aromatic N) is 7. The topological polar surface area (TPSA) is 133 Å². The maximum Gasteiger partial charge on any atom is 0.271 e. The molecule has 1 saturated heterocycles. The maximum absolute atomic E-state index is 12.4. The number of likely N-dealkylation sites (tertiary alicyclic amines) is 1. The third-order valence-electron chi connectivity index (χ3n) is 5.11. The van der Waals surface area contributed by atoms with E-state index >= 15 is 0 Å². The molecule has 0 radical (unpaired) electrons. The predicted octanol–water partition coefficient (Wildman–Crippen LogP) is 2.41. The molecule has 0 spiro atoms. The van der Waals surface area contributed by atoms with Crippen LogP contribution in [0.2, 0.25) is 0 Å². The lowest BCUT2D eigenvalue weighted by molar-refractivity contribution is 0.0946. The van der Waals surface area contributed by atoms with Crippen molar-refractivity contribution < 1.29 is 4.79 Å². The van der Waals surface area contributed by atoms with Crippen LogP contribution in [0.5, 0.6) is 0 Å². The molecule has 4 rings (SSSR count). The normalized spacial score (nSPS) is 16.3. The van der Waals surface area contributed by atoms with Crippen LogP contribution in [-0.2, 0) is 6.54 Å². The van der Waals surface area contributed by atoms with Gasteiger partial charge in [-0.3, -0.25) is 9.69 Å². The largest absolute Gasteiger partial charge is 0.347 e. The average molecular weight is 450 g/mol. The molecule has 1 aliphatic heterocycles. The number of amides is 1. The van der Waals surface area contributed by atoms with Crippen molar-refractivity contribution in [1.29, 1.82) is 5.26 Å². The SMILES string of the molecule is Cc1cc(Nc2nc(C(=O)NCc3ccnnc3)cs2)nc(C2CCCN(CC#N)C2)n1. The van der Waals surface area contributed by atoms with Gasteiger partial charge in [0.05, 0.1) is 18.8 Å². The Morgan fingerprint density at radius 2 is 2.25 bits per heavy atom. The quantitative estimate of drug-likeness (QED) is 0.522. The summed E-state index contributed by atoms with van der Waals surface area (Å²) < 4.78 is 0. The second kappa shape index (κ2) is 10.2. The predicted molar refractivity (Wildman–Crippen MR) is 119 cm³/mol. The molecule has 3 aromatic heterocycles. The Bertz CT molecular complexity index is 1110. The summed E-state index contributed by atoms with van der Waals surface area (Å²) >= 11 is 1.34. The van der Waals surface area contributed by atoms with Crippen LogP contribution in [0.15, 0.2) is 29.9 Å². The Morgan fingerprint density at radius 3 is 3.06 bits per heavy atom. The van der Waals surface area contributed by atoms with Crippen LogP contribution >= 0.6 is 11.3 Å². The van der Waals surface area contributed by atoms with Crippen LogP contribution in [0.3, 0.4) is 0 Å². The number of anilines is 2. The number of hydrogen-bond acceptors (Lipinski definition) is 10. The number of hydrogen-bond donors (Lipinski definition) is 2. The zero-order valence-electron chi connectivity index (χ0n) is 17.7. The number of thiazole rings is 1. The van der Waals surface area contributed by atoms with E-state index in [1.54, 1.807) is 23.8 Å². The van der Waals surface area contributed by atoms with Gasteiger partial charge in [-0.2, -0.15) is 15.5 Å². The maximum atomic E-state index is 12.4. The summed E-state index contributed by atoms with van der Waals surface area (Å²) in [5.74, 6) is 1.35. The van der Waals surface area contributed by atoms with Crippen molar-refractivity contribution in [2.75, 3.05) is 25.0 Å². The lowest BCUT2D eigenvalue weighted by atomic mass is 9.97. The second-order valence-corrected chi connectivity index (χ2v) is 8.44. The van der Waals surface area contributed by atoms with Gasteiger partial charge in [-0.25, -0.2) is 15.0 Å². The van der Waals surface area contributed by atoms with Gasteiger partial charge in [0.1, 0.15) is 17.3 Å². The van der Waals surface area contributed by atoms with Crippen molar-refractivity contribution >= 4 is 28.2 Å². The van der Waals surface area contributed by atoms with Crippen molar-refractivity contribution in [3.63, 3.8) is 0 Å². The Hall–Kier alpha value is -3.49. The molecule has 0 aliphatic carbocycles. The van der Waals surface area contributed by atoms with E-state index in [0.717, 1.165) is 43.0 Å². The average Bonchev–Trinajstić information content (AvgIpc) is 3.27. The van der Waals surface area contributed by atoms with E-state index < -0.39 is 0 Å². The van der Waals surface area contributed by atoms with Crippen LogP contribution in [0.1, 0.15) is 46.3 Å². The summed E-state index contributed by atoms with van der Waals surface area (Å²) in [7, 11) is 0. The number of nitriles is 1. The summed E-state index contributed by atoms with van der Waals surface area (Å²) in [5.41, 5.74) is 2.06. The lowest BCUT2D eigenvalue weighted by Crippen LogP contribution is -2.35. The van der Waals surface area contributed by atoms with Crippen LogP contribution in [0.4, 0.5) is 10.9 Å². The third kappa shape index (κ3) is 5.60. The van der Waals surface area contributed by atoms with Crippen molar-refractivity contribution in [2.45, 2.75) is 32.2 Å². The fraction of sp³-hybridized carbons (Fsp3) is 0.381. The summed E-state index contributed by atoms with van der Waals surface area (Å²) in [5, 5.41) is 24.8. The van der Waals surface area contributed by atoms with Gasteiger partial charge < -0.3 is 10.6 Å². The molecule has 0 saturated carbocycles. The summed E-state index contributed by atoms with van der Waals surface area (Å²) in [4.78, 5) is 28.3. The highest BCUT2D eigenvalue weighted by molar-refractivity contribution is 7.14. The Balaban J connectivity index is 1.41. The monoisotopic (exact) mass is 449 g/mol. The molecule has 1 atom stereocenters. The zero-order valence-corrected chi connectivity index (χ0v) is 18.5. The van der Waals surface area contributed by atoms with Gasteiger partial charge in [-0.05, 0) is 37.9 Å². The van der Waals surface area contributed by atoms with Gasteiger partial charge in [0, 0.05) is 42.3 Å². The number of piperidine rings is 1. The molecule has 4 heterocycles. The number of nitrogens with one attached hydrogen (secondary N) is 2.